The summed E-state index contributed by atoms with van der Waals surface area (Å²) in [5, 5.41) is 9.84. The number of fused-ring (bicyclic) bond motifs is 1. The van der Waals surface area contributed by atoms with E-state index in [0.717, 1.165) is 23.6 Å². The molecule has 0 bridgehead atoms. The molecule has 1 aliphatic heterocycles. The molecule has 8 nitrogen and oxygen atoms in total. The van der Waals surface area contributed by atoms with Gasteiger partial charge in [0.2, 0.25) is 0 Å². The summed E-state index contributed by atoms with van der Waals surface area (Å²) in [5.41, 5.74) is 3.42. The number of likely N-dealkylation sites (N-methyl/N-ethyl adjacent to an activating group) is 1. The number of anilines is 1. The number of carbonyl (C=O) groups excluding carboxylic acids is 1. The Morgan fingerprint density at radius 3 is 2.67 bits per heavy atom. The van der Waals surface area contributed by atoms with Crippen LogP contribution >= 0.6 is 0 Å². The molecular weight excluding hydrogens is 382 g/mol. The summed E-state index contributed by atoms with van der Waals surface area (Å²) < 4.78 is 12.9. The number of rotatable bonds is 7. The number of ether oxygens (including phenoxy) is 2. The van der Waals surface area contributed by atoms with Gasteiger partial charge in [-0.1, -0.05) is 0 Å². The predicted octanol–water partition coefficient (Wildman–Crippen LogP) is 3.20. The summed E-state index contributed by atoms with van der Waals surface area (Å²) in [6, 6.07) is 1.96. The van der Waals surface area contributed by atoms with Gasteiger partial charge in [-0.25, -0.2) is 9.78 Å². The first-order valence-corrected chi connectivity index (χ1v) is 10.7. The Labute approximate surface area is 177 Å². The maximum atomic E-state index is 12.2. The molecule has 1 amide bonds. The van der Waals surface area contributed by atoms with Crippen molar-refractivity contribution < 1.29 is 14.3 Å². The maximum Gasteiger partial charge on any atom is 0.408 e. The molecule has 3 heterocycles. The molecule has 1 aliphatic carbocycles. The van der Waals surface area contributed by atoms with Crippen LogP contribution in [0.2, 0.25) is 0 Å². The van der Waals surface area contributed by atoms with Crippen LogP contribution in [0.4, 0.5) is 10.5 Å². The normalized spacial score (nSPS) is 19.2. The second-order valence-electron chi connectivity index (χ2n) is 9.60. The van der Waals surface area contributed by atoms with Gasteiger partial charge in [0.25, 0.3) is 0 Å². The molecule has 2 aromatic heterocycles. The minimum Gasteiger partial charge on any atom is -0.444 e. The zero-order valence-corrected chi connectivity index (χ0v) is 18.5. The molecule has 2 aromatic rings. The SMILES string of the molecule is CNC1(CNc2cc(C3CC3)cn3cc([C@@H](C)NC(=O)OC(C)(C)C)nc23)COC1. The molecule has 0 spiro atoms. The summed E-state index contributed by atoms with van der Waals surface area (Å²) in [6.07, 6.45) is 6.18. The van der Waals surface area contributed by atoms with E-state index in [1.807, 2.05) is 40.9 Å². The molecule has 8 heteroatoms. The van der Waals surface area contributed by atoms with E-state index in [1.165, 1.54) is 18.4 Å². The Bertz CT molecular complexity index is 919. The lowest BCUT2D eigenvalue weighted by molar-refractivity contribution is -0.0631. The van der Waals surface area contributed by atoms with Crippen molar-refractivity contribution in [3.63, 3.8) is 0 Å². The molecule has 2 fully saturated rings. The Hall–Kier alpha value is -2.32. The van der Waals surface area contributed by atoms with E-state index >= 15 is 0 Å². The van der Waals surface area contributed by atoms with Crippen LogP contribution < -0.4 is 16.0 Å². The fraction of sp³-hybridized carbons (Fsp3) is 0.636. The Kier molecular flexibility index (Phi) is 5.40. The number of hydrogen-bond acceptors (Lipinski definition) is 6. The van der Waals surface area contributed by atoms with Gasteiger partial charge in [0.05, 0.1) is 36.2 Å². The first-order chi connectivity index (χ1) is 14.2. The quantitative estimate of drug-likeness (QED) is 0.644. The van der Waals surface area contributed by atoms with Gasteiger partial charge >= 0.3 is 6.09 Å². The molecule has 1 saturated carbocycles. The monoisotopic (exact) mass is 415 g/mol. The second kappa shape index (κ2) is 7.74. The highest BCUT2D eigenvalue weighted by Crippen LogP contribution is 2.41. The molecule has 164 valence electrons. The topological polar surface area (TPSA) is 88.9 Å². The molecule has 30 heavy (non-hydrogen) atoms. The summed E-state index contributed by atoms with van der Waals surface area (Å²) >= 11 is 0. The first-order valence-electron chi connectivity index (χ1n) is 10.7. The molecule has 0 radical (unpaired) electrons. The van der Waals surface area contributed by atoms with Gasteiger partial charge < -0.3 is 29.8 Å². The van der Waals surface area contributed by atoms with Crippen molar-refractivity contribution in [3.05, 3.63) is 29.7 Å². The first kappa shape index (κ1) is 20.9. The van der Waals surface area contributed by atoms with E-state index in [2.05, 4.69) is 32.6 Å². The van der Waals surface area contributed by atoms with Crippen molar-refractivity contribution in [1.82, 2.24) is 20.0 Å². The standard InChI is InChI=1S/C22H33N5O3/c1-14(25-20(28)30-21(2,3)4)18-10-27-9-16(15-6-7-15)8-17(19(27)26-18)24-11-22(23-5)12-29-13-22/h8-10,14-15,23-24H,6-7,11-13H2,1-5H3,(H,25,28)/t14-/m1/s1. The van der Waals surface area contributed by atoms with E-state index in [9.17, 15) is 4.79 Å². The number of hydrogen-bond donors (Lipinski definition) is 3. The summed E-state index contributed by atoms with van der Waals surface area (Å²) in [4.78, 5) is 17.0. The van der Waals surface area contributed by atoms with Crippen molar-refractivity contribution in [2.24, 2.45) is 0 Å². The zero-order chi connectivity index (χ0) is 21.5. The van der Waals surface area contributed by atoms with Crippen LogP contribution in [0.3, 0.4) is 0 Å². The van der Waals surface area contributed by atoms with Crippen LogP contribution in [0, 0.1) is 0 Å². The molecule has 2 aliphatic rings. The number of nitrogens with zero attached hydrogens (tertiary/aromatic N) is 2. The average molecular weight is 416 g/mol. The van der Waals surface area contributed by atoms with Gasteiger partial charge in [0, 0.05) is 18.9 Å². The van der Waals surface area contributed by atoms with Gasteiger partial charge in [-0.05, 0) is 65.1 Å². The Morgan fingerprint density at radius 2 is 2.10 bits per heavy atom. The molecule has 4 rings (SSSR count). The Balaban J connectivity index is 1.56. The van der Waals surface area contributed by atoms with Crippen LogP contribution in [-0.4, -0.2) is 53.4 Å². The van der Waals surface area contributed by atoms with Crippen molar-refractivity contribution in [2.75, 3.05) is 32.1 Å². The maximum absolute atomic E-state index is 12.2. The van der Waals surface area contributed by atoms with Crippen molar-refractivity contribution in [2.45, 2.75) is 63.6 Å². The molecular formula is C22H33N5O3. The van der Waals surface area contributed by atoms with Crippen LogP contribution in [0.5, 0.6) is 0 Å². The van der Waals surface area contributed by atoms with E-state index in [0.29, 0.717) is 19.1 Å². The van der Waals surface area contributed by atoms with Gasteiger partial charge in [0.1, 0.15) is 5.60 Å². The number of pyridine rings is 1. The fourth-order valence-corrected chi connectivity index (χ4v) is 3.62. The van der Waals surface area contributed by atoms with E-state index < -0.39 is 11.7 Å². The summed E-state index contributed by atoms with van der Waals surface area (Å²) in [7, 11) is 1.97. The van der Waals surface area contributed by atoms with E-state index in [1.54, 1.807) is 0 Å². The van der Waals surface area contributed by atoms with Crippen LogP contribution in [0.25, 0.3) is 5.65 Å². The van der Waals surface area contributed by atoms with Crippen molar-refractivity contribution in [1.29, 1.82) is 0 Å². The fourth-order valence-electron chi connectivity index (χ4n) is 3.62. The van der Waals surface area contributed by atoms with Crippen molar-refractivity contribution in [3.8, 4) is 0 Å². The third kappa shape index (κ3) is 4.54. The number of amides is 1. The number of carbonyl (C=O) groups is 1. The van der Waals surface area contributed by atoms with Crippen molar-refractivity contribution >= 4 is 17.4 Å². The molecule has 0 aromatic carbocycles. The predicted molar refractivity (Wildman–Crippen MR) is 116 cm³/mol. The highest BCUT2D eigenvalue weighted by atomic mass is 16.6. The lowest BCUT2D eigenvalue weighted by Crippen LogP contribution is -2.63. The number of nitrogens with one attached hydrogen (secondary N) is 3. The third-order valence-corrected chi connectivity index (χ3v) is 5.72. The van der Waals surface area contributed by atoms with E-state index in [4.69, 9.17) is 14.5 Å². The smallest absolute Gasteiger partial charge is 0.408 e. The highest BCUT2D eigenvalue weighted by Gasteiger charge is 2.37. The summed E-state index contributed by atoms with van der Waals surface area (Å²) in [5.74, 6) is 0.628. The lowest BCUT2D eigenvalue weighted by atomic mass is 9.97. The molecule has 3 N–H and O–H groups in total. The average Bonchev–Trinajstić information content (AvgIpc) is 3.38. The highest BCUT2D eigenvalue weighted by molar-refractivity contribution is 5.71. The van der Waals surface area contributed by atoms with Gasteiger partial charge in [0.15, 0.2) is 5.65 Å². The van der Waals surface area contributed by atoms with Gasteiger partial charge in [-0.15, -0.1) is 0 Å². The van der Waals surface area contributed by atoms with Gasteiger partial charge in [-0.3, -0.25) is 0 Å². The van der Waals surface area contributed by atoms with E-state index in [-0.39, 0.29) is 11.6 Å². The van der Waals surface area contributed by atoms with Crippen LogP contribution in [-0.2, 0) is 9.47 Å². The van der Waals surface area contributed by atoms with Crippen LogP contribution in [0.1, 0.15) is 63.8 Å². The molecule has 1 saturated heterocycles. The number of alkyl carbamates (subject to hydrolysis) is 1. The minimum atomic E-state index is -0.534. The third-order valence-electron chi connectivity index (χ3n) is 5.72. The van der Waals surface area contributed by atoms with Crippen LogP contribution in [0.15, 0.2) is 18.5 Å². The Morgan fingerprint density at radius 1 is 1.37 bits per heavy atom. The largest absolute Gasteiger partial charge is 0.444 e. The number of aromatic nitrogens is 2. The minimum absolute atomic E-state index is 0.0342. The zero-order valence-electron chi connectivity index (χ0n) is 18.5. The van der Waals surface area contributed by atoms with Gasteiger partial charge in [-0.2, -0.15) is 0 Å². The molecule has 1 atom stereocenters. The molecule has 0 unspecified atom stereocenters. The summed E-state index contributed by atoms with van der Waals surface area (Å²) in [6.45, 7) is 9.64. The lowest BCUT2D eigenvalue weighted by Gasteiger charge is -2.41. The number of imidazole rings is 1. The second-order valence-corrected chi connectivity index (χ2v) is 9.60.